The number of anilines is 1. The quantitative estimate of drug-likeness (QED) is 0.837. The zero-order valence-electron chi connectivity index (χ0n) is 7.84. The number of nitrogens with one attached hydrogen (secondary N) is 1. The minimum absolute atomic E-state index is 0.227. The van der Waals surface area contributed by atoms with Gasteiger partial charge in [0.25, 0.3) is 0 Å². The van der Waals surface area contributed by atoms with Crippen LogP contribution in [-0.2, 0) is 0 Å². The molecule has 4 heteroatoms. The van der Waals surface area contributed by atoms with Crippen molar-refractivity contribution in [2.75, 3.05) is 5.32 Å². The van der Waals surface area contributed by atoms with Gasteiger partial charge in [-0.2, -0.15) is 0 Å². The van der Waals surface area contributed by atoms with Crippen LogP contribution in [0.25, 0.3) is 0 Å². The summed E-state index contributed by atoms with van der Waals surface area (Å²) in [5, 5.41) is 5.38. The van der Waals surface area contributed by atoms with Crippen molar-refractivity contribution in [2.24, 2.45) is 0 Å². The molecule has 0 aliphatic carbocycles. The lowest BCUT2D eigenvalue weighted by molar-refractivity contribution is 0.849. The number of thiazole rings is 1. The summed E-state index contributed by atoms with van der Waals surface area (Å²) < 4.78 is 0. The zero-order valence-corrected chi connectivity index (χ0v) is 8.66. The van der Waals surface area contributed by atoms with Crippen LogP contribution in [0.5, 0.6) is 0 Å². The third-order valence-electron chi connectivity index (χ3n) is 1.94. The van der Waals surface area contributed by atoms with Gasteiger partial charge >= 0.3 is 0 Å². The monoisotopic (exact) mass is 205 g/mol. The smallest absolute Gasteiger partial charge is 0.0795 e. The summed E-state index contributed by atoms with van der Waals surface area (Å²) in [5.74, 6) is 0. The molecular weight excluding hydrogens is 194 g/mol. The maximum atomic E-state index is 4.25. The maximum absolute atomic E-state index is 4.25. The molecule has 0 spiro atoms. The van der Waals surface area contributed by atoms with E-state index in [9.17, 15) is 0 Å². The molecule has 2 heterocycles. The lowest BCUT2D eigenvalue weighted by atomic mass is 10.2. The Morgan fingerprint density at radius 3 is 3.07 bits per heavy atom. The maximum Gasteiger partial charge on any atom is 0.0795 e. The van der Waals surface area contributed by atoms with Crippen molar-refractivity contribution in [1.29, 1.82) is 0 Å². The summed E-state index contributed by atoms with van der Waals surface area (Å²) >= 11 is 1.61. The van der Waals surface area contributed by atoms with Gasteiger partial charge in [-0.05, 0) is 19.1 Å². The number of hydrogen-bond acceptors (Lipinski definition) is 4. The van der Waals surface area contributed by atoms with Crippen molar-refractivity contribution in [3.8, 4) is 0 Å². The molecule has 0 saturated heterocycles. The third-order valence-corrected chi connectivity index (χ3v) is 2.54. The van der Waals surface area contributed by atoms with Crippen LogP contribution in [0.15, 0.2) is 35.4 Å². The molecule has 0 fully saturated rings. The Morgan fingerprint density at radius 2 is 2.43 bits per heavy atom. The lowest BCUT2D eigenvalue weighted by Gasteiger charge is -2.11. The van der Waals surface area contributed by atoms with E-state index < -0.39 is 0 Å². The van der Waals surface area contributed by atoms with Crippen molar-refractivity contribution in [2.45, 2.75) is 13.0 Å². The van der Waals surface area contributed by atoms with E-state index in [-0.39, 0.29) is 6.04 Å². The predicted molar refractivity (Wildman–Crippen MR) is 58.4 cm³/mol. The molecule has 0 aromatic carbocycles. The molecule has 0 bridgehead atoms. The second kappa shape index (κ2) is 4.19. The van der Waals surface area contributed by atoms with Gasteiger partial charge in [-0.25, -0.2) is 4.98 Å². The van der Waals surface area contributed by atoms with Crippen LogP contribution in [0.1, 0.15) is 18.7 Å². The van der Waals surface area contributed by atoms with Gasteiger partial charge in [0.1, 0.15) is 0 Å². The topological polar surface area (TPSA) is 37.8 Å². The summed E-state index contributed by atoms with van der Waals surface area (Å²) in [6, 6.07) is 4.14. The first kappa shape index (κ1) is 9.15. The molecule has 2 aromatic heterocycles. The predicted octanol–water partition coefficient (Wildman–Crippen LogP) is 2.71. The minimum atomic E-state index is 0.227. The fraction of sp³-hybridized carbons (Fsp3) is 0.200. The summed E-state index contributed by atoms with van der Waals surface area (Å²) in [5.41, 5.74) is 3.93. The van der Waals surface area contributed by atoms with E-state index >= 15 is 0 Å². The average Bonchev–Trinajstić information content (AvgIpc) is 2.72. The van der Waals surface area contributed by atoms with Crippen LogP contribution in [0.2, 0.25) is 0 Å². The van der Waals surface area contributed by atoms with Gasteiger partial charge in [0.05, 0.1) is 22.9 Å². The van der Waals surface area contributed by atoms with Crippen molar-refractivity contribution < 1.29 is 0 Å². The minimum Gasteiger partial charge on any atom is -0.376 e. The number of aromatic nitrogens is 2. The molecule has 1 N–H and O–H groups in total. The Bertz CT molecular complexity index is 372. The largest absolute Gasteiger partial charge is 0.376 e. The fourth-order valence-electron chi connectivity index (χ4n) is 1.21. The van der Waals surface area contributed by atoms with Gasteiger partial charge in [0.2, 0.25) is 0 Å². The van der Waals surface area contributed by atoms with Crippen LogP contribution >= 0.6 is 11.3 Å². The first-order chi connectivity index (χ1) is 6.86. The Labute approximate surface area is 86.8 Å². The van der Waals surface area contributed by atoms with Gasteiger partial charge < -0.3 is 5.32 Å². The Morgan fingerprint density at radius 1 is 1.50 bits per heavy atom. The molecule has 72 valence electrons. The van der Waals surface area contributed by atoms with Gasteiger partial charge in [0, 0.05) is 17.8 Å². The van der Waals surface area contributed by atoms with Crippen LogP contribution < -0.4 is 5.32 Å². The standard InChI is InChI=1S/C10H11N3S/c1-8(10-6-14-7-12-10)13-9-3-2-4-11-5-9/h2-8,13H,1H3. The van der Waals surface area contributed by atoms with Crippen LogP contribution in [0.4, 0.5) is 5.69 Å². The molecule has 1 atom stereocenters. The molecule has 0 saturated carbocycles. The van der Waals surface area contributed by atoms with E-state index in [0.29, 0.717) is 0 Å². The van der Waals surface area contributed by atoms with Crippen molar-refractivity contribution >= 4 is 17.0 Å². The molecule has 2 aromatic rings. The molecule has 14 heavy (non-hydrogen) atoms. The van der Waals surface area contributed by atoms with Crippen molar-refractivity contribution in [3.63, 3.8) is 0 Å². The molecule has 0 aliphatic rings. The molecule has 0 radical (unpaired) electrons. The first-order valence-corrected chi connectivity index (χ1v) is 5.35. The lowest BCUT2D eigenvalue weighted by Crippen LogP contribution is -2.06. The summed E-state index contributed by atoms with van der Waals surface area (Å²) in [4.78, 5) is 8.29. The van der Waals surface area contributed by atoms with Crippen molar-refractivity contribution in [1.82, 2.24) is 9.97 Å². The summed E-state index contributed by atoms with van der Waals surface area (Å²) in [7, 11) is 0. The van der Waals surface area contributed by atoms with E-state index in [4.69, 9.17) is 0 Å². The number of hydrogen-bond donors (Lipinski definition) is 1. The van der Waals surface area contributed by atoms with Crippen molar-refractivity contribution in [3.05, 3.63) is 41.1 Å². The Kier molecular flexibility index (Phi) is 2.74. The van der Waals surface area contributed by atoms with E-state index in [0.717, 1.165) is 11.4 Å². The van der Waals surface area contributed by atoms with E-state index in [2.05, 4.69) is 22.2 Å². The normalized spacial score (nSPS) is 12.4. The summed E-state index contributed by atoms with van der Waals surface area (Å²) in [6.45, 7) is 2.09. The van der Waals surface area contributed by atoms with E-state index in [1.165, 1.54) is 0 Å². The number of nitrogens with zero attached hydrogens (tertiary/aromatic N) is 2. The highest BCUT2D eigenvalue weighted by Crippen LogP contribution is 2.17. The molecule has 0 amide bonds. The van der Waals surface area contributed by atoms with Crippen LogP contribution in [0.3, 0.4) is 0 Å². The van der Waals surface area contributed by atoms with Gasteiger partial charge in [-0.1, -0.05) is 0 Å². The fourth-order valence-corrected chi connectivity index (χ4v) is 1.86. The highest BCUT2D eigenvalue weighted by atomic mass is 32.1. The molecule has 2 rings (SSSR count). The second-order valence-electron chi connectivity index (χ2n) is 3.02. The molecule has 1 unspecified atom stereocenters. The molecule has 0 aliphatic heterocycles. The molecule has 3 nitrogen and oxygen atoms in total. The van der Waals surface area contributed by atoms with Gasteiger partial charge in [-0.15, -0.1) is 11.3 Å². The SMILES string of the molecule is CC(Nc1cccnc1)c1cscn1. The van der Waals surface area contributed by atoms with E-state index in [1.54, 1.807) is 17.5 Å². The highest BCUT2D eigenvalue weighted by molar-refractivity contribution is 7.07. The molecular formula is C10H11N3S. The van der Waals surface area contributed by atoms with Gasteiger partial charge in [-0.3, -0.25) is 4.98 Å². The number of rotatable bonds is 3. The van der Waals surface area contributed by atoms with Gasteiger partial charge in [0.15, 0.2) is 0 Å². The Hall–Kier alpha value is -1.42. The zero-order chi connectivity index (χ0) is 9.80. The highest BCUT2D eigenvalue weighted by Gasteiger charge is 2.06. The average molecular weight is 205 g/mol. The Balaban J connectivity index is 2.06. The van der Waals surface area contributed by atoms with Crippen LogP contribution in [-0.4, -0.2) is 9.97 Å². The van der Waals surface area contributed by atoms with Crippen LogP contribution in [0, 0.1) is 0 Å². The van der Waals surface area contributed by atoms with E-state index in [1.807, 2.05) is 29.2 Å². The first-order valence-electron chi connectivity index (χ1n) is 4.41. The summed E-state index contributed by atoms with van der Waals surface area (Å²) in [6.07, 6.45) is 3.57. The third kappa shape index (κ3) is 2.09. The number of pyridine rings is 1. The second-order valence-corrected chi connectivity index (χ2v) is 3.74.